The lowest BCUT2D eigenvalue weighted by Gasteiger charge is -2.35. The Bertz CT molecular complexity index is 1100. The van der Waals surface area contributed by atoms with Crippen LogP contribution in [-0.2, 0) is 10.9 Å². The Morgan fingerprint density at radius 3 is 2.39 bits per heavy atom. The van der Waals surface area contributed by atoms with Crippen LogP contribution < -0.4 is 5.32 Å². The van der Waals surface area contributed by atoms with Crippen molar-refractivity contribution in [1.29, 1.82) is 0 Å². The number of benzene rings is 2. The number of carbonyl (C=O) groups excluding carboxylic acids is 1. The van der Waals surface area contributed by atoms with Gasteiger partial charge in [0.05, 0.1) is 31.0 Å². The van der Waals surface area contributed by atoms with Gasteiger partial charge < -0.3 is 10.1 Å². The zero-order chi connectivity index (χ0) is 23.4. The van der Waals surface area contributed by atoms with E-state index in [1.807, 2.05) is 30.3 Å². The normalized spacial score (nSPS) is 15.9. The molecule has 0 bridgehead atoms. The summed E-state index contributed by atoms with van der Waals surface area (Å²) in [4.78, 5) is 15.0. The number of carbonyl (C=O) groups is 1. The van der Waals surface area contributed by atoms with Gasteiger partial charge in [-0.05, 0) is 17.7 Å². The number of para-hydroxylation sites is 1. The molecule has 1 aliphatic rings. The highest BCUT2D eigenvalue weighted by atomic mass is 19.4. The van der Waals surface area contributed by atoms with Gasteiger partial charge in [-0.1, -0.05) is 42.5 Å². The third-order valence-corrected chi connectivity index (χ3v) is 5.49. The molecule has 33 heavy (non-hydrogen) atoms. The quantitative estimate of drug-likeness (QED) is 0.566. The van der Waals surface area contributed by atoms with E-state index in [2.05, 4.69) is 15.3 Å². The van der Waals surface area contributed by atoms with Gasteiger partial charge in [0.1, 0.15) is 11.5 Å². The molecule has 1 aromatic heterocycles. The second kappa shape index (κ2) is 9.72. The molecule has 10 heteroatoms. The number of alkyl halides is 3. The van der Waals surface area contributed by atoms with E-state index in [0.29, 0.717) is 31.0 Å². The first-order valence-electron chi connectivity index (χ1n) is 10.4. The van der Waals surface area contributed by atoms with Gasteiger partial charge >= 0.3 is 6.18 Å². The molecule has 0 aliphatic carbocycles. The Labute approximate surface area is 187 Å². The lowest BCUT2D eigenvalue weighted by atomic mass is 10.0. The molecule has 0 saturated carbocycles. The zero-order valence-electron chi connectivity index (χ0n) is 17.6. The van der Waals surface area contributed by atoms with Crippen molar-refractivity contribution in [2.24, 2.45) is 0 Å². The van der Waals surface area contributed by atoms with Gasteiger partial charge in [-0.3, -0.25) is 9.69 Å². The molecule has 1 fully saturated rings. The summed E-state index contributed by atoms with van der Waals surface area (Å²) in [5.74, 6) is -1.81. The smallest absolute Gasteiger partial charge is 0.379 e. The van der Waals surface area contributed by atoms with Crippen LogP contribution in [0.1, 0.15) is 27.7 Å². The molecule has 1 aliphatic heterocycles. The van der Waals surface area contributed by atoms with Gasteiger partial charge in [0.25, 0.3) is 5.91 Å². The number of morpholine rings is 1. The van der Waals surface area contributed by atoms with Crippen LogP contribution in [0.3, 0.4) is 0 Å². The molecule has 0 spiro atoms. The molecular weight excluding hydrogens is 440 g/mol. The Kier molecular flexibility index (Phi) is 6.75. The largest absolute Gasteiger partial charge is 0.434 e. The highest BCUT2D eigenvalue weighted by Crippen LogP contribution is 2.34. The van der Waals surface area contributed by atoms with Gasteiger partial charge in [-0.2, -0.15) is 18.3 Å². The van der Waals surface area contributed by atoms with Gasteiger partial charge in [0.2, 0.25) is 0 Å². The number of nitrogens with zero attached hydrogens (tertiary/aromatic N) is 3. The second-order valence-corrected chi connectivity index (χ2v) is 7.55. The van der Waals surface area contributed by atoms with Crippen molar-refractivity contribution in [2.45, 2.75) is 12.2 Å². The third-order valence-electron chi connectivity index (χ3n) is 5.49. The predicted octanol–water partition coefficient (Wildman–Crippen LogP) is 3.83. The maximum atomic E-state index is 14.2. The first-order chi connectivity index (χ1) is 15.9. The molecule has 3 aromatic rings. The zero-order valence-corrected chi connectivity index (χ0v) is 17.6. The summed E-state index contributed by atoms with van der Waals surface area (Å²) in [6.07, 6.45) is -4.11. The molecule has 2 aromatic carbocycles. The Morgan fingerprint density at radius 2 is 1.73 bits per heavy atom. The lowest BCUT2D eigenvalue weighted by molar-refractivity contribution is -0.143. The van der Waals surface area contributed by atoms with Crippen molar-refractivity contribution in [1.82, 2.24) is 20.0 Å². The molecule has 1 saturated heterocycles. The minimum absolute atomic E-state index is 0.0883. The minimum atomic E-state index is -4.92. The summed E-state index contributed by atoms with van der Waals surface area (Å²) in [6.45, 7) is 2.42. The Hall–Kier alpha value is -3.24. The van der Waals surface area contributed by atoms with Crippen molar-refractivity contribution >= 4 is 5.91 Å². The fourth-order valence-corrected chi connectivity index (χ4v) is 3.90. The van der Waals surface area contributed by atoms with Crippen molar-refractivity contribution < 1.29 is 27.1 Å². The summed E-state index contributed by atoms with van der Waals surface area (Å²) in [5.41, 5.74) is -1.45. The number of hydrogen-bond acceptors (Lipinski definition) is 4. The van der Waals surface area contributed by atoms with Crippen molar-refractivity contribution in [3.8, 4) is 5.69 Å². The van der Waals surface area contributed by atoms with E-state index in [1.54, 1.807) is 0 Å². The van der Waals surface area contributed by atoms with Gasteiger partial charge in [0.15, 0.2) is 5.69 Å². The molecule has 4 rings (SSSR count). The molecule has 2 heterocycles. The average molecular weight is 462 g/mol. The van der Waals surface area contributed by atoms with Crippen LogP contribution in [0.4, 0.5) is 17.6 Å². The predicted molar refractivity (Wildman–Crippen MR) is 112 cm³/mol. The van der Waals surface area contributed by atoms with E-state index >= 15 is 0 Å². The van der Waals surface area contributed by atoms with Crippen LogP contribution in [0.25, 0.3) is 5.69 Å². The molecule has 6 nitrogen and oxygen atoms in total. The van der Waals surface area contributed by atoms with Crippen LogP contribution in [-0.4, -0.2) is 53.4 Å². The van der Waals surface area contributed by atoms with E-state index in [9.17, 15) is 22.4 Å². The highest BCUT2D eigenvalue weighted by Gasteiger charge is 2.41. The maximum Gasteiger partial charge on any atom is 0.434 e. The van der Waals surface area contributed by atoms with Crippen LogP contribution in [0.15, 0.2) is 60.8 Å². The fourth-order valence-electron chi connectivity index (χ4n) is 3.90. The van der Waals surface area contributed by atoms with Crippen molar-refractivity contribution in [3.05, 3.63) is 83.4 Å². The highest BCUT2D eigenvalue weighted by molar-refractivity contribution is 5.95. The number of nitrogens with one attached hydrogen (secondary N) is 1. The van der Waals surface area contributed by atoms with E-state index in [4.69, 9.17) is 4.74 Å². The van der Waals surface area contributed by atoms with Crippen LogP contribution in [0.2, 0.25) is 0 Å². The SMILES string of the molecule is O=C(NCC(c1ccccc1)N1CCOCC1)c1cnn(-c2ccccc2F)c1C(F)(F)F. The van der Waals surface area contributed by atoms with E-state index in [1.165, 1.54) is 18.2 Å². The molecule has 0 radical (unpaired) electrons. The average Bonchev–Trinajstić information content (AvgIpc) is 3.27. The van der Waals surface area contributed by atoms with Crippen LogP contribution in [0.5, 0.6) is 0 Å². The van der Waals surface area contributed by atoms with E-state index in [0.717, 1.165) is 17.8 Å². The van der Waals surface area contributed by atoms with Crippen molar-refractivity contribution in [3.63, 3.8) is 0 Å². The first kappa shape index (κ1) is 22.9. The van der Waals surface area contributed by atoms with Gasteiger partial charge in [-0.25, -0.2) is 9.07 Å². The molecular formula is C23H22F4N4O2. The molecule has 1 N–H and O–H groups in total. The summed E-state index contributed by atoms with van der Waals surface area (Å²) in [7, 11) is 0. The lowest BCUT2D eigenvalue weighted by Crippen LogP contribution is -2.44. The molecule has 1 atom stereocenters. The second-order valence-electron chi connectivity index (χ2n) is 7.55. The summed E-state index contributed by atoms with van der Waals surface area (Å²) < 4.78 is 61.6. The summed E-state index contributed by atoms with van der Waals surface area (Å²) in [5, 5.41) is 6.30. The number of amides is 1. The van der Waals surface area contributed by atoms with Crippen molar-refractivity contribution in [2.75, 3.05) is 32.8 Å². The Balaban J connectivity index is 1.60. The monoisotopic (exact) mass is 462 g/mol. The number of ether oxygens (including phenoxy) is 1. The summed E-state index contributed by atoms with van der Waals surface area (Å²) in [6, 6.07) is 14.1. The topological polar surface area (TPSA) is 59.4 Å². The van der Waals surface area contributed by atoms with E-state index in [-0.39, 0.29) is 18.3 Å². The van der Waals surface area contributed by atoms with Gasteiger partial charge in [-0.15, -0.1) is 0 Å². The number of halogens is 4. The number of aromatic nitrogens is 2. The minimum Gasteiger partial charge on any atom is -0.379 e. The van der Waals surface area contributed by atoms with Crippen LogP contribution >= 0.6 is 0 Å². The van der Waals surface area contributed by atoms with Gasteiger partial charge in [0, 0.05) is 19.6 Å². The number of rotatable bonds is 6. The molecule has 1 unspecified atom stereocenters. The first-order valence-corrected chi connectivity index (χ1v) is 10.4. The molecule has 174 valence electrons. The Morgan fingerprint density at radius 1 is 1.06 bits per heavy atom. The standard InChI is InChI=1S/C23H22F4N4O2/c24-18-8-4-5-9-19(18)31-21(23(25,26)27)17(14-29-31)22(32)28-15-20(16-6-2-1-3-7-16)30-10-12-33-13-11-30/h1-9,14,20H,10-13,15H2,(H,28,32). The van der Waals surface area contributed by atoms with E-state index < -0.39 is 29.2 Å². The maximum absolute atomic E-state index is 14.2. The number of hydrogen-bond donors (Lipinski definition) is 1. The molecule has 1 amide bonds. The third kappa shape index (κ3) is 5.07. The summed E-state index contributed by atoms with van der Waals surface area (Å²) >= 11 is 0. The fraction of sp³-hybridized carbons (Fsp3) is 0.304. The van der Waals surface area contributed by atoms with Crippen LogP contribution in [0, 0.1) is 5.82 Å².